The highest BCUT2D eigenvalue weighted by Gasteiger charge is 2.36. The van der Waals surface area contributed by atoms with E-state index >= 15 is 0 Å². The van der Waals surface area contributed by atoms with Crippen LogP contribution in [0.3, 0.4) is 0 Å². The molecule has 104 valence electrons. The van der Waals surface area contributed by atoms with Crippen LogP contribution in [0.15, 0.2) is 5.10 Å². The number of hydrogen-bond acceptors (Lipinski definition) is 5. The molecule has 2 rings (SSSR count). The van der Waals surface area contributed by atoms with Gasteiger partial charge in [-0.1, -0.05) is 0 Å². The lowest BCUT2D eigenvalue weighted by molar-refractivity contribution is -0.147. The minimum absolute atomic E-state index is 0.0513. The van der Waals surface area contributed by atoms with Crippen molar-refractivity contribution in [2.45, 2.75) is 38.6 Å². The van der Waals surface area contributed by atoms with Crippen molar-refractivity contribution in [3.05, 3.63) is 0 Å². The van der Waals surface area contributed by atoms with Crippen molar-refractivity contribution in [3.63, 3.8) is 0 Å². The molecular formula is C12H17N3O4. The first-order valence-electron chi connectivity index (χ1n) is 6.43. The van der Waals surface area contributed by atoms with Crippen molar-refractivity contribution < 1.29 is 19.1 Å². The second-order valence-corrected chi connectivity index (χ2v) is 4.56. The zero-order valence-electron chi connectivity index (χ0n) is 10.8. The normalized spacial score (nSPS) is 18.4. The molecule has 7 nitrogen and oxygen atoms in total. The Morgan fingerprint density at radius 1 is 1.42 bits per heavy atom. The van der Waals surface area contributed by atoms with Crippen LogP contribution in [0.25, 0.3) is 0 Å². The van der Waals surface area contributed by atoms with Gasteiger partial charge in [0.15, 0.2) is 0 Å². The van der Waals surface area contributed by atoms with Crippen LogP contribution in [0, 0.1) is 0 Å². The van der Waals surface area contributed by atoms with Crippen LogP contribution in [0.1, 0.15) is 32.6 Å². The van der Waals surface area contributed by atoms with Gasteiger partial charge in [-0.3, -0.25) is 14.4 Å². The minimum atomic E-state index is -0.414. The molecule has 0 aromatic rings. The summed E-state index contributed by atoms with van der Waals surface area (Å²) < 4.78 is 4.86. The Hall–Kier alpha value is -1.92. The molecule has 0 bridgehead atoms. The lowest BCUT2D eigenvalue weighted by atomic mass is 10.1. The van der Waals surface area contributed by atoms with E-state index < -0.39 is 5.97 Å². The fraction of sp³-hybridized carbons (Fsp3) is 0.667. The van der Waals surface area contributed by atoms with Gasteiger partial charge in [0.1, 0.15) is 12.3 Å². The minimum Gasteiger partial charge on any atom is -0.465 e. The molecule has 1 aliphatic carbocycles. The van der Waals surface area contributed by atoms with Crippen LogP contribution in [0.5, 0.6) is 0 Å². The first-order valence-corrected chi connectivity index (χ1v) is 6.43. The number of hydrazone groups is 1. The van der Waals surface area contributed by atoms with E-state index in [1.807, 2.05) is 0 Å². The predicted octanol–water partition coefficient (Wildman–Crippen LogP) is -0.194. The maximum absolute atomic E-state index is 12.3. The summed E-state index contributed by atoms with van der Waals surface area (Å²) in [4.78, 5) is 36.2. The number of ether oxygens (including phenoxy) is 1. The third-order valence-electron chi connectivity index (χ3n) is 3.00. The SMILES string of the molecule is CCOC(=O)CN(C(=O)C1=NNC(=O)CC1)C1CC1. The van der Waals surface area contributed by atoms with E-state index in [2.05, 4.69) is 10.5 Å². The third kappa shape index (κ3) is 3.52. The number of carbonyl (C=O) groups is 3. The molecule has 7 heteroatoms. The molecule has 0 spiro atoms. The molecule has 1 N–H and O–H groups in total. The van der Waals surface area contributed by atoms with Crippen molar-refractivity contribution in [2.75, 3.05) is 13.2 Å². The predicted molar refractivity (Wildman–Crippen MR) is 66.2 cm³/mol. The molecule has 0 saturated heterocycles. The lowest BCUT2D eigenvalue weighted by Crippen LogP contribution is -2.44. The Labute approximate surface area is 111 Å². The Kier molecular flexibility index (Phi) is 4.13. The van der Waals surface area contributed by atoms with Gasteiger partial charge in [-0.25, -0.2) is 5.43 Å². The Morgan fingerprint density at radius 3 is 2.68 bits per heavy atom. The molecule has 0 aromatic carbocycles. The summed E-state index contributed by atoms with van der Waals surface area (Å²) in [5.74, 6) is -0.890. The van der Waals surface area contributed by atoms with Gasteiger partial charge in [0.2, 0.25) is 5.91 Å². The van der Waals surface area contributed by atoms with E-state index in [0.29, 0.717) is 18.7 Å². The topological polar surface area (TPSA) is 88.1 Å². The van der Waals surface area contributed by atoms with E-state index in [1.54, 1.807) is 6.92 Å². The summed E-state index contributed by atoms with van der Waals surface area (Å²) in [5, 5.41) is 3.77. The summed E-state index contributed by atoms with van der Waals surface area (Å²) in [6.07, 6.45) is 2.36. The van der Waals surface area contributed by atoms with Crippen LogP contribution in [-0.4, -0.2) is 47.6 Å². The Bertz CT molecular complexity index is 429. The first-order chi connectivity index (χ1) is 9.11. The number of nitrogens with one attached hydrogen (secondary N) is 1. The van der Waals surface area contributed by atoms with Crippen LogP contribution in [0.2, 0.25) is 0 Å². The molecule has 19 heavy (non-hydrogen) atoms. The highest BCUT2D eigenvalue weighted by molar-refractivity contribution is 6.39. The van der Waals surface area contributed by atoms with E-state index in [-0.39, 0.29) is 30.8 Å². The maximum atomic E-state index is 12.3. The summed E-state index contributed by atoms with van der Waals surface area (Å²) in [6.45, 7) is 1.97. The fourth-order valence-electron chi connectivity index (χ4n) is 1.89. The molecule has 1 fully saturated rings. The third-order valence-corrected chi connectivity index (χ3v) is 3.00. The number of nitrogens with zero attached hydrogens (tertiary/aromatic N) is 2. The summed E-state index contributed by atoms with van der Waals surface area (Å²) in [5.41, 5.74) is 2.59. The van der Waals surface area contributed by atoms with Crippen LogP contribution in [0.4, 0.5) is 0 Å². The van der Waals surface area contributed by atoms with E-state index in [1.165, 1.54) is 4.90 Å². The molecule has 0 atom stereocenters. The zero-order valence-corrected chi connectivity index (χ0v) is 10.8. The molecule has 1 heterocycles. The number of hydrogen-bond donors (Lipinski definition) is 1. The van der Waals surface area contributed by atoms with Crippen molar-refractivity contribution in [1.29, 1.82) is 0 Å². The van der Waals surface area contributed by atoms with Gasteiger partial charge >= 0.3 is 5.97 Å². The van der Waals surface area contributed by atoms with Gasteiger partial charge in [0, 0.05) is 18.9 Å². The first kappa shape index (κ1) is 13.5. The fourth-order valence-corrected chi connectivity index (χ4v) is 1.89. The number of carbonyl (C=O) groups excluding carboxylic acids is 3. The molecule has 2 amide bonds. The smallest absolute Gasteiger partial charge is 0.325 e. The average molecular weight is 267 g/mol. The second-order valence-electron chi connectivity index (χ2n) is 4.56. The van der Waals surface area contributed by atoms with Crippen LogP contribution < -0.4 is 5.43 Å². The lowest BCUT2D eigenvalue weighted by Gasteiger charge is -2.23. The second kappa shape index (κ2) is 5.81. The average Bonchev–Trinajstić information content (AvgIpc) is 3.21. The molecule has 1 saturated carbocycles. The summed E-state index contributed by atoms with van der Waals surface area (Å²) in [6, 6.07) is 0.0947. The largest absolute Gasteiger partial charge is 0.465 e. The summed E-state index contributed by atoms with van der Waals surface area (Å²) in [7, 11) is 0. The van der Waals surface area contributed by atoms with Crippen molar-refractivity contribution in [2.24, 2.45) is 5.10 Å². The van der Waals surface area contributed by atoms with Crippen molar-refractivity contribution in [1.82, 2.24) is 10.3 Å². The van der Waals surface area contributed by atoms with Gasteiger partial charge in [-0.05, 0) is 19.8 Å². The van der Waals surface area contributed by atoms with E-state index in [9.17, 15) is 14.4 Å². The molecule has 0 unspecified atom stereocenters. The molecule has 2 aliphatic rings. The molecule has 0 aromatic heterocycles. The number of rotatable bonds is 5. The highest BCUT2D eigenvalue weighted by atomic mass is 16.5. The molecule has 1 aliphatic heterocycles. The van der Waals surface area contributed by atoms with Gasteiger partial charge in [-0.2, -0.15) is 5.10 Å². The Balaban J connectivity index is 2.00. The maximum Gasteiger partial charge on any atom is 0.325 e. The van der Waals surface area contributed by atoms with Gasteiger partial charge < -0.3 is 9.64 Å². The van der Waals surface area contributed by atoms with Gasteiger partial charge in [0.25, 0.3) is 5.91 Å². The monoisotopic (exact) mass is 267 g/mol. The zero-order chi connectivity index (χ0) is 13.8. The van der Waals surface area contributed by atoms with Gasteiger partial charge in [0.05, 0.1) is 6.61 Å². The molecular weight excluding hydrogens is 250 g/mol. The summed E-state index contributed by atoms with van der Waals surface area (Å²) >= 11 is 0. The van der Waals surface area contributed by atoms with Crippen molar-refractivity contribution >= 4 is 23.5 Å². The van der Waals surface area contributed by atoms with Crippen molar-refractivity contribution in [3.8, 4) is 0 Å². The van der Waals surface area contributed by atoms with E-state index in [0.717, 1.165) is 12.8 Å². The number of amides is 2. The highest BCUT2D eigenvalue weighted by Crippen LogP contribution is 2.27. The van der Waals surface area contributed by atoms with Gasteiger partial charge in [-0.15, -0.1) is 0 Å². The van der Waals surface area contributed by atoms with Crippen LogP contribution >= 0.6 is 0 Å². The van der Waals surface area contributed by atoms with E-state index in [4.69, 9.17) is 4.74 Å². The molecule has 0 radical (unpaired) electrons. The standard InChI is InChI=1S/C12H17N3O4/c1-2-19-11(17)7-15(8-3-4-8)12(18)9-5-6-10(16)14-13-9/h8H,2-7H2,1H3,(H,14,16). The van der Waals surface area contributed by atoms with Crippen LogP contribution in [-0.2, 0) is 19.1 Å². The quantitative estimate of drug-likeness (QED) is 0.699. The number of esters is 1. The Morgan fingerprint density at radius 2 is 2.16 bits per heavy atom.